The molecule has 0 fully saturated rings. The van der Waals surface area contributed by atoms with Crippen LogP contribution in [0.15, 0.2) is 140 Å². The lowest BCUT2D eigenvalue weighted by molar-refractivity contribution is -0.645. The monoisotopic (exact) mass is 623 g/mol. The van der Waals surface area contributed by atoms with Gasteiger partial charge in [0.15, 0.2) is 29.4 Å². The molecule has 48 heavy (non-hydrogen) atoms. The quantitative estimate of drug-likeness (QED) is 0.0960. The second kappa shape index (κ2) is 12.7. The summed E-state index contributed by atoms with van der Waals surface area (Å²) in [7, 11) is 2.09. The highest BCUT2D eigenvalue weighted by Crippen LogP contribution is 2.42. The molecular formula is C43H35N4O+. The Balaban J connectivity index is 1.34. The maximum Gasteiger partial charge on any atom is 0.255 e. The predicted octanol–water partition coefficient (Wildman–Crippen LogP) is 10.0. The topological polar surface area (TPSA) is 51.8 Å². The summed E-state index contributed by atoms with van der Waals surface area (Å²) >= 11 is 0. The SMILES string of the molecule is CCCCOc1ccc(-c2c3ccccc3cc3cc(-c4nc(-c5ccccc5)nc(-c5ccccc5)n4)ccc23)c2ccc[n+](C)c12. The molecule has 0 aliphatic rings. The van der Waals surface area contributed by atoms with Crippen molar-refractivity contribution in [3.63, 3.8) is 0 Å². The number of aromatic nitrogens is 4. The van der Waals surface area contributed by atoms with Gasteiger partial charge in [-0.3, -0.25) is 0 Å². The van der Waals surface area contributed by atoms with Crippen molar-refractivity contribution >= 4 is 32.4 Å². The summed E-state index contributed by atoms with van der Waals surface area (Å²) in [6.45, 7) is 2.89. The molecule has 0 radical (unpaired) electrons. The summed E-state index contributed by atoms with van der Waals surface area (Å²) in [6.07, 6.45) is 4.21. The number of unbranched alkanes of at least 4 members (excludes halogenated alkanes) is 1. The number of fused-ring (bicyclic) bond motifs is 3. The fourth-order valence-electron chi connectivity index (χ4n) is 6.56. The van der Waals surface area contributed by atoms with Gasteiger partial charge >= 0.3 is 0 Å². The Morgan fingerprint density at radius 1 is 0.562 bits per heavy atom. The molecule has 0 saturated carbocycles. The molecule has 8 aromatic rings. The highest BCUT2D eigenvalue weighted by atomic mass is 16.5. The zero-order chi connectivity index (χ0) is 32.5. The minimum atomic E-state index is 0.644. The van der Waals surface area contributed by atoms with Crippen molar-refractivity contribution in [3.05, 3.63) is 140 Å². The fraction of sp³-hybridized carbons (Fsp3) is 0.116. The summed E-state index contributed by atoms with van der Waals surface area (Å²) in [6, 6.07) is 46.4. The molecule has 0 aliphatic heterocycles. The van der Waals surface area contributed by atoms with E-state index in [1.807, 2.05) is 60.7 Å². The highest BCUT2D eigenvalue weighted by molar-refractivity contribution is 6.17. The number of benzene rings is 6. The smallest absolute Gasteiger partial charge is 0.255 e. The highest BCUT2D eigenvalue weighted by Gasteiger charge is 2.20. The molecule has 2 heterocycles. The normalized spacial score (nSPS) is 11.4. The van der Waals surface area contributed by atoms with Crippen LogP contribution in [0.5, 0.6) is 5.75 Å². The number of aryl methyl sites for hydroxylation is 1. The van der Waals surface area contributed by atoms with E-state index in [1.54, 1.807) is 0 Å². The van der Waals surface area contributed by atoms with Gasteiger partial charge in [-0.25, -0.2) is 15.0 Å². The summed E-state index contributed by atoms with van der Waals surface area (Å²) in [4.78, 5) is 14.9. The van der Waals surface area contributed by atoms with Crippen molar-refractivity contribution < 1.29 is 9.30 Å². The number of pyridine rings is 1. The van der Waals surface area contributed by atoms with Crippen LogP contribution in [0.1, 0.15) is 19.8 Å². The van der Waals surface area contributed by atoms with Gasteiger partial charge in [-0.15, -0.1) is 0 Å². The van der Waals surface area contributed by atoms with Crippen LogP contribution in [-0.4, -0.2) is 21.6 Å². The van der Waals surface area contributed by atoms with E-state index in [0.29, 0.717) is 24.1 Å². The predicted molar refractivity (Wildman–Crippen MR) is 196 cm³/mol. The van der Waals surface area contributed by atoms with Crippen LogP contribution in [0, 0.1) is 0 Å². The Kier molecular flexibility index (Phi) is 7.79. The average Bonchev–Trinajstić information content (AvgIpc) is 3.14. The molecule has 0 saturated heterocycles. The first-order valence-corrected chi connectivity index (χ1v) is 16.6. The Labute approximate surface area is 280 Å². The summed E-state index contributed by atoms with van der Waals surface area (Å²) < 4.78 is 8.48. The van der Waals surface area contributed by atoms with Crippen LogP contribution in [0.3, 0.4) is 0 Å². The molecule has 0 amide bonds. The molecule has 8 rings (SSSR count). The number of rotatable bonds is 8. The van der Waals surface area contributed by atoms with Crippen LogP contribution < -0.4 is 9.30 Å². The number of nitrogens with zero attached hydrogens (tertiary/aromatic N) is 4. The van der Waals surface area contributed by atoms with Gasteiger partial charge in [0.25, 0.3) is 5.52 Å². The van der Waals surface area contributed by atoms with Crippen molar-refractivity contribution in [2.75, 3.05) is 6.61 Å². The molecule has 5 nitrogen and oxygen atoms in total. The van der Waals surface area contributed by atoms with E-state index in [1.165, 1.54) is 27.3 Å². The fourth-order valence-corrected chi connectivity index (χ4v) is 6.56. The standard InChI is InChI=1S/C43H35N4O/c1-3-4-26-48-38-24-23-36(37-20-13-25-47(2)40(37)38)39-34-19-12-11-18-31(34)27-33-28-32(21-22-35(33)39)43-45-41(29-14-7-5-8-15-29)44-42(46-43)30-16-9-6-10-17-30/h5-25,27-28H,3-4,26H2,1-2H3/q+1. The second-order valence-electron chi connectivity index (χ2n) is 12.1. The Bertz CT molecular complexity index is 2370. The summed E-state index contributed by atoms with van der Waals surface area (Å²) in [5.41, 5.74) is 6.32. The molecule has 0 bridgehead atoms. The van der Waals surface area contributed by atoms with Crippen LogP contribution in [-0.2, 0) is 7.05 Å². The molecule has 0 aliphatic carbocycles. The molecule has 5 heteroatoms. The molecule has 0 atom stereocenters. The first-order valence-electron chi connectivity index (χ1n) is 16.6. The first kappa shape index (κ1) is 29.5. The molecule has 2 aromatic heterocycles. The molecule has 0 N–H and O–H groups in total. The van der Waals surface area contributed by atoms with Crippen molar-refractivity contribution in [1.29, 1.82) is 0 Å². The molecular weight excluding hydrogens is 589 g/mol. The van der Waals surface area contributed by atoms with Crippen molar-refractivity contribution in [2.45, 2.75) is 19.8 Å². The molecule has 0 unspecified atom stereocenters. The summed E-state index contributed by atoms with van der Waals surface area (Å²) in [5, 5.41) is 5.85. The largest absolute Gasteiger partial charge is 0.487 e. The van der Waals surface area contributed by atoms with Gasteiger partial charge in [0.05, 0.1) is 12.0 Å². The molecule has 232 valence electrons. The minimum Gasteiger partial charge on any atom is -0.487 e. The van der Waals surface area contributed by atoms with E-state index >= 15 is 0 Å². The Morgan fingerprint density at radius 2 is 1.19 bits per heavy atom. The van der Waals surface area contributed by atoms with E-state index in [-0.39, 0.29) is 0 Å². The molecule has 0 spiro atoms. The average molecular weight is 624 g/mol. The first-order chi connectivity index (χ1) is 23.7. The zero-order valence-electron chi connectivity index (χ0n) is 27.1. The Hall–Kier alpha value is -5.94. The number of hydrogen-bond donors (Lipinski definition) is 0. The number of ether oxygens (including phenoxy) is 1. The summed E-state index contributed by atoms with van der Waals surface area (Å²) in [5.74, 6) is 2.86. The van der Waals surface area contributed by atoms with Gasteiger partial charge in [0, 0.05) is 22.8 Å². The minimum absolute atomic E-state index is 0.644. The maximum atomic E-state index is 6.31. The van der Waals surface area contributed by atoms with Gasteiger partial charge in [-0.2, -0.15) is 4.57 Å². The lowest BCUT2D eigenvalue weighted by Crippen LogP contribution is -2.28. The van der Waals surface area contributed by atoms with Gasteiger partial charge < -0.3 is 4.74 Å². The maximum absolute atomic E-state index is 6.31. The van der Waals surface area contributed by atoms with E-state index in [0.717, 1.165) is 51.6 Å². The van der Waals surface area contributed by atoms with Crippen molar-refractivity contribution in [2.24, 2.45) is 7.05 Å². The zero-order valence-corrected chi connectivity index (χ0v) is 27.1. The second-order valence-corrected chi connectivity index (χ2v) is 12.1. The van der Waals surface area contributed by atoms with Gasteiger partial charge in [0.2, 0.25) is 0 Å². The van der Waals surface area contributed by atoms with Gasteiger partial charge in [-0.1, -0.05) is 110 Å². The van der Waals surface area contributed by atoms with Crippen molar-refractivity contribution in [1.82, 2.24) is 15.0 Å². The van der Waals surface area contributed by atoms with E-state index < -0.39 is 0 Å². The number of hydrogen-bond acceptors (Lipinski definition) is 4. The molecule has 6 aromatic carbocycles. The third-order valence-electron chi connectivity index (χ3n) is 8.95. The van der Waals surface area contributed by atoms with E-state index in [2.05, 4.69) is 97.5 Å². The lowest BCUT2D eigenvalue weighted by Gasteiger charge is -2.16. The van der Waals surface area contributed by atoms with Gasteiger partial charge in [0.1, 0.15) is 7.05 Å². The lowest BCUT2D eigenvalue weighted by atomic mass is 9.89. The van der Waals surface area contributed by atoms with Gasteiger partial charge in [-0.05, 0) is 69.4 Å². The van der Waals surface area contributed by atoms with Crippen molar-refractivity contribution in [3.8, 4) is 51.0 Å². The third-order valence-corrected chi connectivity index (χ3v) is 8.95. The van der Waals surface area contributed by atoms with Crippen LogP contribution in [0.25, 0.3) is 77.7 Å². The van der Waals surface area contributed by atoms with E-state index in [4.69, 9.17) is 19.7 Å². The van der Waals surface area contributed by atoms with Crippen LogP contribution in [0.2, 0.25) is 0 Å². The Morgan fingerprint density at radius 3 is 1.90 bits per heavy atom. The van der Waals surface area contributed by atoms with Crippen LogP contribution in [0.4, 0.5) is 0 Å². The van der Waals surface area contributed by atoms with Crippen LogP contribution >= 0.6 is 0 Å². The third kappa shape index (κ3) is 5.43. The van der Waals surface area contributed by atoms with E-state index in [9.17, 15) is 0 Å².